The maximum Gasteiger partial charge on any atom is 0.0169 e. The van der Waals surface area contributed by atoms with E-state index < -0.39 is 0 Å². The molecule has 0 saturated heterocycles. The second-order valence-electron chi connectivity index (χ2n) is 3.72. The fraction of sp³-hybridized carbons (Fsp3) is 0.692. The summed E-state index contributed by atoms with van der Waals surface area (Å²) in [5, 5.41) is 0. The van der Waals surface area contributed by atoms with Gasteiger partial charge in [0, 0.05) is 19.3 Å². The monoisotopic (exact) mass is 195 g/mol. The average Bonchev–Trinajstić information content (AvgIpc) is 2.15. The van der Waals surface area contributed by atoms with Gasteiger partial charge in [-0.1, -0.05) is 32.9 Å². The van der Waals surface area contributed by atoms with E-state index in [2.05, 4.69) is 50.9 Å². The van der Waals surface area contributed by atoms with Crippen molar-refractivity contribution in [3.05, 3.63) is 23.9 Å². The van der Waals surface area contributed by atoms with Gasteiger partial charge in [-0.2, -0.15) is 0 Å². The minimum Gasteiger partial charge on any atom is -0.377 e. The highest BCUT2D eigenvalue weighted by Crippen LogP contribution is 2.02. The molecule has 0 aromatic carbocycles. The molecular formula is C13H25N. The molecule has 0 rings (SSSR count). The Morgan fingerprint density at radius 2 is 1.64 bits per heavy atom. The summed E-state index contributed by atoms with van der Waals surface area (Å²) in [5.74, 6) is 0. The zero-order valence-corrected chi connectivity index (χ0v) is 10.2. The van der Waals surface area contributed by atoms with Gasteiger partial charge in [0.1, 0.15) is 0 Å². The summed E-state index contributed by atoms with van der Waals surface area (Å²) in [6.07, 6.45) is 10.3. The van der Waals surface area contributed by atoms with Crippen molar-refractivity contribution in [1.29, 1.82) is 0 Å². The fourth-order valence-electron chi connectivity index (χ4n) is 1.45. The molecule has 0 saturated carbocycles. The first-order chi connectivity index (χ1) is 6.74. The molecule has 0 spiro atoms. The summed E-state index contributed by atoms with van der Waals surface area (Å²) in [6.45, 7) is 11.1. The standard InChI is InChI=1S/C13H25N/c1-5-8-9-13(4)12-14(10-6-2)11-7-3/h8-9,12H,5-7,10-11H2,1-4H3. The lowest BCUT2D eigenvalue weighted by molar-refractivity contribution is 0.374. The first kappa shape index (κ1) is 13.3. The molecule has 1 heteroatoms. The molecule has 0 unspecified atom stereocenters. The fourth-order valence-corrected chi connectivity index (χ4v) is 1.45. The third-order valence-corrected chi connectivity index (χ3v) is 2.02. The second-order valence-corrected chi connectivity index (χ2v) is 3.72. The van der Waals surface area contributed by atoms with Gasteiger partial charge in [0.25, 0.3) is 0 Å². The molecule has 0 aromatic rings. The number of hydrogen-bond donors (Lipinski definition) is 0. The predicted molar refractivity (Wildman–Crippen MR) is 65.3 cm³/mol. The topological polar surface area (TPSA) is 3.24 Å². The molecule has 82 valence electrons. The molecule has 0 amide bonds. The van der Waals surface area contributed by atoms with Crippen molar-refractivity contribution >= 4 is 0 Å². The van der Waals surface area contributed by atoms with Crippen molar-refractivity contribution in [2.24, 2.45) is 0 Å². The van der Waals surface area contributed by atoms with Gasteiger partial charge in [0.05, 0.1) is 0 Å². The highest BCUT2D eigenvalue weighted by molar-refractivity contribution is 5.15. The minimum absolute atomic E-state index is 1.12. The van der Waals surface area contributed by atoms with Crippen LogP contribution in [0.4, 0.5) is 0 Å². The first-order valence-corrected chi connectivity index (χ1v) is 5.83. The van der Waals surface area contributed by atoms with Crippen LogP contribution in [0.25, 0.3) is 0 Å². The summed E-state index contributed by atoms with van der Waals surface area (Å²) < 4.78 is 0. The van der Waals surface area contributed by atoms with E-state index in [0.29, 0.717) is 0 Å². The molecule has 0 N–H and O–H groups in total. The average molecular weight is 195 g/mol. The number of hydrogen-bond acceptors (Lipinski definition) is 1. The van der Waals surface area contributed by atoms with E-state index in [4.69, 9.17) is 0 Å². The van der Waals surface area contributed by atoms with Crippen molar-refractivity contribution in [1.82, 2.24) is 4.90 Å². The van der Waals surface area contributed by atoms with Crippen molar-refractivity contribution in [3.8, 4) is 0 Å². The van der Waals surface area contributed by atoms with Gasteiger partial charge in [-0.05, 0) is 31.8 Å². The second kappa shape index (κ2) is 8.86. The van der Waals surface area contributed by atoms with Crippen LogP contribution in [0.5, 0.6) is 0 Å². The lowest BCUT2D eigenvalue weighted by Gasteiger charge is -2.19. The van der Waals surface area contributed by atoms with Crippen LogP contribution in [-0.2, 0) is 0 Å². The maximum atomic E-state index is 2.41. The Morgan fingerprint density at radius 3 is 2.07 bits per heavy atom. The largest absolute Gasteiger partial charge is 0.377 e. The van der Waals surface area contributed by atoms with Crippen molar-refractivity contribution in [2.45, 2.75) is 47.0 Å². The van der Waals surface area contributed by atoms with Crippen LogP contribution in [-0.4, -0.2) is 18.0 Å². The Kier molecular flexibility index (Phi) is 8.40. The lowest BCUT2D eigenvalue weighted by Crippen LogP contribution is -2.19. The summed E-state index contributed by atoms with van der Waals surface area (Å²) in [4.78, 5) is 2.41. The molecule has 0 bridgehead atoms. The van der Waals surface area contributed by atoms with Crippen LogP contribution < -0.4 is 0 Å². The molecule has 0 radical (unpaired) electrons. The van der Waals surface area contributed by atoms with Gasteiger partial charge < -0.3 is 4.90 Å². The molecule has 0 fully saturated rings. The number of rotatable bonds is 7. The van der Waals surface area contributed by atoms with Crippen molar-refractivity contribution < 1.29 is 0 Å². The van der Waals surface area contributed by atoms with E-state index in [9.17, 15) is 0 Å². The Hall–Kier alpha value is -0.720. The first-order valence-electron chi connectivity index (χ1n) is 5.83. The third-order valence-electron chi connectivity index (χ3n) is 2.02. The van der Waals surface area contributed by atoms with Crippen molar-refractivity contribution in [2.75, 3.05) is 13.1 Å². The SMILES string of the molecule is CCC=CC(C)=CN(CCC)CCC. The van der Waals surface area contributed by atoms with Gasteiger partial charge in [-0.25, -0.2) is 0 Å². The molecule has 1 nitrogen and oxygen atoms in total. The van der Waals surface area contributed by atoms with Gasteiger partial charge in [0.15, 0.2) is 0 Å². The molecule has 0 aromatic heterocycles. The van der Waals surface area contributed by atoms with Crippen LogP contribution in [0.2, 0.25) is 0 Å². The minimum atomic E-state index is 1.12. The Bertz CT molecular complexity index is 174. The Balaban J connectivity index is 4.14. The molecule has 0 aliphatic carbocycles. The van der Waals surface area contributed by atoms with Gasteiger partial charge in [-0.3, -0.25) is 0 Å². The predicted octanol–water partition coefficient (Wildman–Crippen LogP) is 3.98. The van der Waals surface area contributed by atoms with Crippen LogP contribution in [0.3, 0.4) is 0 Å². The summed E-state index contributed by atoms with van der Waals surface area (Å²) >= 11 is 0. The van der Waals surface area contributed by atoms with Gasteiger partial charge >= 0.3 is 0 Å². The zero-order chi connectivity index (χ0) is 10.8. The molecule has 0 atom stereocenters. The highest BCUT2D eigenvalue weighted by Gasteiger charge is 1.95. The van der Waals surface area contributed by atoms with Crippen LogP contribution in [0.15, 0.2) is 23.9 Å². The molecular weight excluding hydrogens is 170 g/mol. The van der Waals surface area contributed by atoms with E-state index in [0.717, 1.165) is 6.42 Å². The molecule has 0 aliphatic heterocycles. The zero-order valence-electron chi connectivity index (χ0n) is 10.2. The number of nitrogens with zero attached hydrogens (tertiary/aromatic N) is 1. The Labute approximate surface area is 89.5 Å². The lowest BCUT2D eigenvalue weighted by atomic mass is 10.2. The van der Waals surface area contributed by atoms with Crippen LogP contribution >= 0.6 is 0 Å². The van der Waals surface area contributed by atoms with Gasteiger partial charge in [0.2, 0.25) is 0 Å². The molecule has 14 heavy (non-hydrogen) atoms. The highest BCUT2D eigenvalue weighted by atomic mass is 15.1. The Morgan fingerprint density at radius 1 is 1.07 bits per heavy atom. The van der Waals surface area contributed by atoms with Crippen LogP contribution in [0, 0.1) is 0 Å². The van der Waals surface area contributed by atoms with Crippen molar-refractivity contribution in [3.63, 3.8) is 0 Å². The smallest absolute Gasteiger partial charge is 0.0169 e. The normalized spacial score (nSPS) is 12.4. The maximum absolute atomic E-state index is 2.41. The van der Waals surface area contributed by atoms with E-state index in [1.165, 1.54) is 31.5 Å². The quantitative estimate of drug-likeness (QED) is 0.555. The van der Waals surface area contributed by atoms with E-state index in [1.54, 1.807) is 0 Å². The molecule has 0 heterocycles. The molecule has 0 aliphatic rings. The van der Waals surface area contributed by atoms with Gasteiger partial charge in [-0.15, -0.1) is 0 Å². The van der Waals surface area contributed by atoms with E-state index in [1.807, 2.05) is 0 Å². The summed E-state index contributed by atoms with van der Waals surface area (Å²) in [5.41, 5.74) is 1.36. The van der Waals surface area contributed by atoms with E-state index in [-0.39, 0.29) is 0 Å². The van der Waals surface area contributed by atoms with E-state index >= 15 is 0 Å². The summed E-state index contributed by atoms with van der Waals surface area (Å²) in [7, 11) is 0. The summed E-state index contributed by atoms with van der Waals surface area (Å²) in [6, 6.07) is 0. The van der Waals surface area contributed by atoms with Crippen LogP contribution in [0.1, 0.15) is 47.0 Å². The third kappa shape index (κ3) is 6.76. The number of allylic oxidation sites excluding steroid dienone is 3.